The first kappa shape index (κ1) is 27.5. The standard InChI is InChI=1S/C8H11P.C8H6.2C5H5.Zr/c1-9(2)8-6-4-3-5-7-8;1-2-4-6-8-7-5-3-1;2*1-2-4-5-3-1;/h3-7H,1-2H3;1-6H;2*1-5H;/b;2-1-,3-1?,4-2?,5-3-,6-4-,7-5?,8-6?,8-7?;;;. The van der Waals surface area contributed by atoms with Crippen molar-refractivity contribution in [2.75, 3.05) is 13.3 Å². The van der Waals surface area contributed by atoms with Crippen molar-refractivity contribution in [2.45, 2.75) is 0 Å². The van der Waals surface area contributed by atoms with Crippen LogP contribution in [0, 0.1) is 76.4 Å². The quantitative estimate of drug-likeness (QED) is 0.455. The van der Waals surface area contributed by atoms with Crippen LogP contribution in [0.1, 0.15) is 0 Å². The molecule has 1 aromatic rings. The van der Waals surface area contributed by atoms with Crippen LogP contribution in [-0.4, -0.2) is 13.3 Å². The molecule has 0 nitrogen and oxygen atoms in total. The molecule has 0 unspecified atom stereocenters. The molecule has 12 radical (unpaired) electrons. The fourth-order valence-electron chi connectivity index (χ4n) is 1.80. The molecule has 4 rings (SSSR count). The summed E-state index contributed by atoms with van der Waals surface area (Å²) in [6, 6.07) is 10.6. The molecule has 3 aliphatic carbocycles. The summed E-state index contributed by atoms with van der Waals surface area (Å²) in [6.45, 7) is 4.54. The van der Waals surface area contributed by atoms with Crippen LogP contribution >= 0.6 is 7.92 Å². The van der Waals surface area contributed by atoms with Gasteiger partial charge in [0.05, 0.1) is 0 Å². The summed E-state index contributed by atoms with van der Waals surface area (Å²) in [5.41, 5.74) is 0. The van der Waals surface area contributed by atoms with Gasteiger partial charge in [0.15, 0.2) is 0 Å². The van der Waals surface area contributed by atoms with E-state index in [4.69, 9.17) is 0 Å². The summed E-state index contributed by atoms with van der Waals surface area (Å²) in [6.07, 6.45) is 37.0. The van der Waals surface area contributed by atoms with Gasteiger partial charge in [0, 0.05) is 26.2 Å². The predicted octanol–water partition coefficient (Wildman–Crippen LogP) is 5.92. The zero-order valence-corrected chi connectivity index (χ0v) is 19.9. The molecule has 0 spiro atoms. The second kappa shape index (κ2) is 21.2. The Morgan fingerprint density at radius 1 is 0.536 bits per heavy atom. The van der Waals surface area contributed by atoms with Gasteiger partial charge in [-0.05, 0) is 95.0 Å². The monoisotopic (exact) mass is 460 g/mol. The molecule has 0 saturated heterocycles. The van der Waals surface area contributed by atoms with Gasteiger partial charge in [-0.15, -0.1) is 0 Å². The molecule has 0 atom stereocenters. The van der Waals surface area contributed by atoms with E-state index in [1.165, 1.54) is 5.30 Å². The van der Waals surface area contributed by atoms with Gasteiger partial charge in [0.2, 0.25) is 0 Å². The molecule has 0 aromatic heterocycles. The summed E-state index contributed by atoms with van der Waals surface area (Å²) >= 11 is 0. The molecule has 0 amide bonds. The normalized spacial score (nSPS) is 21.0. The molecule has 0 bridgehead atoms. The van der Waals surface area contributed by atoms with Crippen molar-refractivity contribution in [3.8, 4) is 0 Å². The molecular weight excluding hydrogens is 434 g/mol. The van der Waals surface area contributed by atoms with Crippen molar-refractivity contribution in [1.82, 2.24) is 0 Å². The van der Waals surface area contributed by atoms with E-state index in [-0.39, 0.29) is 34.1 Å². The van der Waals surface area contributed by atoms with Crippen LogP contribution in [0.2, 0.25) is 0 Å². The van der Waals surface area contributed by atoms with Crippen molar-refractivity contribution in [1.29, 1.82) is 0 Å². The molecule has 0 aliphatic heterocycles. The SMILES string of the molecule is CP(C)c1ccccc1.[CH]1[CH][CH][CH][CH]1.[CH]1[CH][CH][CH][CH]1.[C]1=[C]\C=C/C=C\C=C/1.[Zr]. The zero-order valence-electron chi connectivity index (χ0n) is 16.6. The maximum atomic E-state index is 2.82. The van der Waals surface area contributed by atoms with Crippen molar-refractivity contribution >= 4 is 13.2 Å². The van der Waals surface area contributed by atoms with E-state index in [9.17, 15) is 0 Å². The van der Waals surface area contributed by atoms with Gasteiger partial charge in [-0.1, -0.05) is 74.7 Å². The third-order valence-corrected chi connectivity index (χ3v) is 4.49. The number of hydrogen-bond donors (Lipinski definition) is 0. The Balaban J connectivity index is 0.000000353. The summed E-state index contributed by atoms with van der Waals surface area (Å²) in [5, 5.41) is 1.48. The molecule has 2 saturated carbocycles. The summed E-state index contributed by atoms with van der Waals surface area (Å²) in [5.74, 6) is 0. The summed E-state index contributed by atoms with van der Waals surface area (Å²) in [7, 11) is 0.104. The number of benzene rings is 1. The average Bonchev–Trinajstić information content (AvgIpc) is 3.41. The minimum atomic E-state index is 0. The Bertz CT molecular complexity index is 466. The average molecular weight is 462 g/mol. The smallest absolute Gasteiger partial charge is 0 e. The Labute approximate surface area is 195 Å². The Hall–Kier alpha value is -0.507. The molecule has 2 fully saturated rings. The van der Waals surface area contributed by atoms with Gasteiger partial charge in [0.1, 0.15) is 0 Å². The number of hydrogen-bond acceptors (Lipinski definition) is 0. The Morgan fingerprint density at radius 2 is 0.893 bits per heavy atom. The summed E-state index contributed by atoms with van der Waals surface area (Å²) < 4.78 is 0. The molecule has 0 N–H and O–H groups in total. The predicted molar refractivity (Wildman–Crippen MR) is 122 cm³/mol. The molecule has 2 heteroatoms. The minimum Gasteiger partial charge on any atom is -0.0817 e. The van der Waals surface area contributed by atoms with Crippen molar-refractivity contribution in [3.05, 3.63) is 143 Å². The van der Waals surface area contributed by atoms with Crippen molar-refractivity contribution < 1.29 is 26.2 Å². The van der Waals surface area contributed by atoms with Gasteiger partial charge in [-0.3, -0.25) is 0 Å². The topological polar surface area (TPSA) is 0 Å². The first-order valence-electron chi connectivity index (χ1n) is 8.86. The molecule has 3 aliphatic rings. The molecule has 1 aromatic carbocycles. The van der Waals surface area contributed by atoms with E-state index < -0.39 is 0 Å². The second-order valence-electron chi connectivity index (χ2n) is 5.55. The largest absolute Gasteiger partial charge is 0.0817 e. The maximum absolute atomic E-state index is 2.82. The van der Waals surface area contributed by atoms with Crippen molar-refractivity contribution in [3.63, 3.8) is 0 Å². The van der Waals surface area contributed by atoms with Crippen LogP contribution in [0.25, 0.3) is 0 Å². The Morgan fingerprint density at radius 3 is 1.18 bits per heavy atom. The van der Waals surface area contributed by atoms with Gasteiger partial charge in [-0.2, -0.15) is 0 Å². The van der Waals surface area contributed by atoms with E-state index in [1.54, 1.807) is 0 Å². The van der Waals surface area contributed by atoms with Gasteiger partial charge >= 0.3 is 0 Å². The molecule has 0 heterocycles. The first-order valence-corrected chi connectivity index (χ1v) is 11.1. The van der Waals surface area contributed by atoms with E-state index in [2.05, 4.69) is 55.8 Å². The Kier molecular flexibility index (Phi) is 20.8. The second-order valence-corrected chi connectivity index (χ2v) is 7.85. The van der Waals surface area contributed by atoms with E-state index in [0.29, 0.717) is 0 Å². The fourth-order valence-corrected chi connectivity index (χ4v) is 2.57. The first-order chi connectivity index (χ1) is 13.3. The number of allylic oxidation sites excluding steroid dienone is 8. The fraction of sp³-hybridized carbons (Fsp3) is 0.0769. The van der Waals surface area contributed by atoms with Crippen LogP contribution in [-0.2, 0) is 26.2 Å². The van der Waals surface area contributed by atoms with E-state index in [1.807, 2.05) is 101 Å². The maximum Gasteiger partial charge on any atom is 0 e. The molecular formula is C26H27PZr. The van der Waals surface area contributed by atoms with Gasteiger partial charge in [-0.25, -0.2) is 0 Å². The molecule has 140 valence electrons. The van der Waals surface area contributed by atoms with Crippen LogP contribution in [0.5, 0.6) is 0 Å². The third-order valence-electron chi connectivity index (χ3n) is 3.16. The van der Waals surface area contributed by atoms with Crippen molar-refractivity contribution in [2.24, 2.45) is 0 Å². The summed E-state index contributed by atoms with van der Waals surface area (Å²) in [4.78, 5) is 0. The third kappa shape index (κ3) is 17.6. The van der Waals surface area contributed by atoms with Crippen LogP contribution in [0.4, 0.5) is 0 Å². The van der Waals surface area contributed by atoms with E-state index >= 15 is 0 Å². The van der Waals surface area contributed by atoms with Gasteiger partial charge < -0.3 is 0 Å². The van der Waals surface area contributed by atoms with Gasteiger partial charge in [0.25, 0.3) is 0 Å². The van der Waals surface area contributed by atoms with Crippen LogP contribution in [0.3, 0.4) is 0 Å². The minimum absolute atomic E-state index is 0. The molecule has 28 heavy (non-hydrogen) atoms. The van der Waals surface area contributed by atoms with Crippen LogP contribution in [0.15, 0.2) is 66.8 Å². The van der Waals surface area contributed by atoms with E-state index in [0.717, 1.165) is 0 Å². The van der Waals surface area contributed by atoms with Crippen LogP contribution < -0.4 is 5.30 Å². The zero-order chi connectivity index (χ0) is 19.4. The number of rotatable bonds is 1.